The van der Waals surface area contributed by atoms with Crippen molar-refractivity contribution >= 4 is 33.6 Å². The number of anilines is 1. The molecule has 1 aromatic carbocycles. The summed E-state index contributed by atoms with van der Waals surface area (Å²) in [6, 6.07) is 3.58. The Labute approximate surface area is 132 Å². The van der Waals surface area contributed by atoms with Gasteiger partial charge in [0.1, 0.15) is 11.8 Å². The minimum Gasteiger partial charge on any atom is -0.496 e. The smallest absolute Gasteiger partial charge is 0.326 e. The van der Waals surface area contributed by atoms with E-state index in [4.69, 9.17) is 9.84 Å². The molecule has 116 valence electrons. The first-order chi connectivity index (χ1) is 9.83. The minimum atomic E-state index is -1.05. The molecule has 0 saturated heterocycles. The third-order valence-corrected chi connectivity index (χ3v) is 3.34. The van der Waals surface area contributed by atoms with Crippen LogP contribution in [0, 0.1) is 5.92 Å². The van der Waals surface area contributed by atoms with E-state index in [2.05, 4.69) is 26.6 Å². The maximum absolute atomic E-state index is 11.8. The minimum absolute atomic E-state index is 0.168. The Hall–Kier alpha value is -1.76. The molecule has 1 aromatic rings. The van der Waals surface area contributed by atoms with E-state index in [1.165, 1.54) is 0 Å². The topological polar surface area (TPSA) is 87.7 Å². The van der Waals surface area contributed by atoms with Crippen LogP contribution in [0.4, 0.5) is 10.5 Å². The Morgan fingerprint density at radius 1 is 1.38 bits per heavy atom. The van der Waals surface area contributed by atoms with Crippen LogP contribution in [0.5, 0.6) is 5.75 Å². The molecule has 1 rings (SSSR count). The van der Waals surface area contributed by atoms with Crippen molar-refractivity contribution in [2.45, 2.75) is 26.3 Å². The van der Waals surface area contributed by atoms with Gasteiger partial charge >= 0.3 is 12.0 Å². The quantitative estimate of drug-likeness (QED) is 0.728. The number of carboxylic acid groups (broad SMARTS) is 1. The summed E-state index contributed by atoms with van der Waals surface area (Å²) in [6.45, 7) is 3.80. The first-order valence-corrected chi connectivity index (χ1v) is 7.26. The SMILES string of the molecule is COc1ccc(NC(=O)N[C@@H](CC(C)C)C(=O)O)cc1Br. The molecule has 3 N–H and O–H groups in total. The Kier molecular flexibility index (Phi) is 6.48. The largest absolute Gasteiger partial charge is 0.496 e. The van der Waals surface area contributed by atoms with Crippen LogP contribution in [-0.4, -0.2) is 30.3 Å². The van der Waals surface area contributed by atoms with Gasteiger partial charge in [0, 0.05) is 5.69 Å². The van der Waals surface area contributed by atoms with E-state index in [9.17, 15) is 9.59 Å². The van der Waals surface area contributed by atoms with Gasteiger partial charge in [0.15, 0.2) is 0 Å². The Morgan fingerprint density at radius 2 is 2.05 bits per heavy atom. The van der Waals surface area contributed by atoms with Crippen molar-refractivity contribution in [1.82, 2.24) is 5.32 Å². The number of carbonyl (C=O) groups excluding carboxylic acids is 1. The van der Waals surface area contributed by atoms with Gasteiger partial charge in [0.2, 0.25) is 0 Å². The van der Waals surface area contributed by atoms with E-state index >= 15 is 0 Å². The number of methoxy groups -OCH3 is 1. The number of halogens is 1. The van der Waals surface area contributed by atoms with Gasteiger partial charge in [-0.2, -0.15) is 0 Å². The molecule has 21 heavy (non-hydrogen) atoms. The van der Waals surface area contributed by atoms with Crippen LogP contribution in [-0.2, 0) is 4.79 Å². The summed E-state index contributed by atoms with van der Waals surface area (Å²) in [5, 5.41) is 14.1. The van der Waals surface area contributed by atoms with Crippen LogP contribution >= 0.6 is 15.9 Å². The molecule has 7 heteroatoms. The zero-order chi connectivity index (χ0) is 16.0. The summed E-state index contributed by atoms with van der Waals surface area (Å²) in [5.41, 5.74) is 0.536. The van der Waals surface area contributed by atoms with Gasteiger partial charge in [-0.05, 0) is 46.5 Å². The van der Waals surface area contributed by atoms with Crippen LogP contribution in [0.25, 0.3) is 0 Å². The number of ether oxygens (including phenoxy) is 1. The Morgan fingerprint density at radius 3 is 2.52 bits per heavy atom. The van der Waals surface area contributed by atoms with E-state index < -0.39 is 18.0 Å². The Balaban J connectivity index is 2.67. The normalized spacial score (nSPS) is 11.9. The van der Waals surface area contributed by atoms with Crippen molar-refractivity contribution < 1.29 is 19.4 Å². The summed E-state index contributed by atoms with van der Waals surface area (Å²) >= 11 is 3.31. The second-order valence-corrected chi connectivity index (χ2v) is 5.82. The van der Waals surface area contributed by atoms with Crippen LogP contribution in [0.1, 0.15) is 20.3 Å². The number of carbonyl (C=O) groups is 2. The summed E-state index contributed by atoms with van der Waals surface area (Å²) in [6.07, 6.45) is 0.370. The fourth-order valence-electron chi connectivity index (χ4n) is 1.76. The monoisotopic (exact) mass is 358 g/mol. The number of nitrogens with one attached hydrogen (secondary N) is 2. The lowest BCUT2D eigenvalue weighted by molar-refractivity contribution is -0.139. The molecular weight excluding hydrogens is 340 g/mol. The van der Waals surface area contributed by atoms with Gasteiger partial charge in [-0.1, -0.05) is 13.8 Å². The number of hydrogen-bond acceptors (Lipinski definition) is 3. The number of rotatable bonds is 6. The van der Waals surface area contributed by atoms with Crippen molar-refractivity contribution in [2.75, 3.05) is 12.4 Å². The lowest BCUT2D eigenvalue weighted by atomic mass is 10.0. The summed E-state index contributed by atoms with van der Waals surface area (Å²) in [7, 11) is 1.54. The number of aliphatic carboxylic acids is 1. The molecule has 0 fully saturated rings. The average molecular weight is 359 g/mol. The molecule has 0 aliphatic heterocycles. The van der Waals surface area contributed by atoms with Crippen molar-refractivity contribution in [3.8, 4) is 5.75 Å². The molecule has 6 nitrogen and oxygen atoms in total. The fraction of sp³-hybridized carbons (Fsp3) is 0.429. The van der Waals surface area contributed by atoms with Crippen molar-refractivity contribution in [2.24, 2.45) is 5.92 Å². The van der Waals surface area contributed by atoms with Gasteiger partial charge in [-0.15, -0.1) is 0 Å². The third kappa shape index (κ3) is 5.63. The molecule has 0 bridgehead atoms. The highest BCUT2D eigenvalue weighted by Crippen LogP contribution is 2.27. The van der Waals surface area contributed by atoms with Crippen molar-refractivity contribution in [1.29, 1.82) is 0 Å². The van der Waals surface area contributed by atoms with E-state index in [0.29, 0.717) is 22.3 Å². The molecule has 2 amide bonds. The second kappa shape index (κ2) is 7.87. The van der Waals surface area contributed by atoms with Crippen LogP contribution < -0.4 is 15.4 Å². The lowest BCUT2D eigenvalue weighted by Gasteiger charge is -2.17. The number of urea groups is 1. The average Bonchev–Trinajstić information content (AvgIpc) is 2.37. The lowest BCUT2D eigenvalue weighted by Crippen LogP contribution is -2.43. The summed E-state index contributed by atoms with van der Waals surface area (Å²) < 4.78 is 5.79. The molecule has 1 atom stereocenters. The molecule has 0 unspecified atom stereocenters. The number of benzene rings is 1. The number of amides is 2. The molecule has 0 radical (unpaired) electrons. The molecule has 0 aliphatic rings. The maximum atomic E-state index is 11.8. The third-order valence-electron chi connectivity index (χ3n) is 2.72. The van der Waals surface area contributed by atoms with E-state index in [1.807, 2.05) is 13.8 Å². The fourth-order valence-corrected chi connectivity index (χ4v) is 2.30. The van der Waals surface area contributed by atoms with Crippen molar-refractivity contribution in [3.05, 3.63) is 22.7 Å². The highest BCUT2D eigenvalue weighted by atomic mass is 79.9. The van der Waals surface area contributed by atoms with Gasteiger partial charge in [0.05, 0.1) is 11.6 Å². The van der Waals surface area contributed by atoms with Crippen molar-refractivity contribution in [3.63, 3.8) is 0 Å². The molecule has 0 aromatic heterocycles. The van der Waals surface area contributed by atoms with E-state index in [1.54, 1.807) is 25.3 Å². The van der Waals surface area contributed by atoms with E-state index in [0.717, 1.165) is 0 Å². The number of carboxylic acids is 1. The van der Waals surface area contributed by atoms with Crippen LogP contribution in [0.2, 0.25) is 0 Å². The first-order valence-electron chi connectivity index (χ1n) is 6.47. The zero-order valence-corrected chi connectivity index (χ0v) is 13.7. The summed E-state index contributed by atoms with van der Waals surface area (Å²) in [5.74, 6) is -0.236. The highest BCUT2D eigenvalue weighted by Gasteiger charge is 2.21. The maximum Gasteiger partial charge on any atom is 0.326 e. The molecule has 0 spiro atoms. The first kappa shape index (κ1) is 17.3. The molecule has 0 saturated carbocycles. The predicted molar refractivity (Wildman–Crippen MR) is 83.7 cm³/mol. The van der Waals surface area contributed by atoms with Gasteiger partial charge < -0.3 is 20.5 Å². The molecule has 0 heterocycles. The summed E-state index contributed by atoms with van der Waals surface area (Å²) in [4.78, 5) is 22.9. The zero-order valence-electron chi connectivity index (χ0n) is 12.1. The molecular formula is C14H19BrN2O4. The predicted octanol–water partition coefficient (Wildman–Crippen LogP) is 3.08. The van der Waals surface area contributed by atoms with E-state index in [-0.39, 0.29) is 5.92 Å². The second-order valence-electron chi connectivity index (χ2n) is 4.97. The van der Waals surface area contributed by atoms with Crippen LogP contribution in [0.15, 0.2) is 22.7 Å². The standard InChI is InChI=1S/C14H19BrN2O4/c1-8(2)6-11(13(18)19)17-14(20)16-9-4-5-12(21-3)10(15)7-9/h4-5,7-8,11H,6H2,1-3H3,(H,18,19)(H2,16,17,20)/t11-/m0/s1. The van der Waals surface area contributed by atoms with Gasteiger partial charge in [-0.25, -0.2) is 9.59 Å². The molecule has 0 aliphatic carbocycles. The van der Waals surface area contributed by atoms with Crippen LogP contribution in [0.3, 0.4) is 0 Å². The number of hydrogen-bond donors (Lipinski definition) is 3. The van der Waals surface area contributed by atoms with Gasteiger partial charge in [0.25, 0.3) is 0 Å². The Bertz CT molecular complexity index is 520. The highest BCUT2D eigenvalue weighted by molar-refractivity contribution is 9.10. The van der Waals surface area contributed by atoms with Gasteiger partial charge in [-0.3, -0.25) is 0 Å².